The minimum absolute atomic E-state index is 0.216. The summed E-state index contributed by atoms with van der Waals surface area (Å²) in [6.07, 6.45) is 2.86. The fourth-order valence-corrected chi connectivity index (χ4v) is 2.53. The molecule has 0 saturated heterocycles. The van der Waals surface area contributed by atoms with Gasteiger partial charge in [0, 0.05) is 21.4 Å². The van der Waals surface area contributed by atoms with Crippen LogP contribution in [0.1, 0.15) is 10.5 Å². The Bertz CT molecular complexity index is 834. The molecule has 0 atom stereocenters. The number of rotatable bonds is 4. The van der Waals surface area contributed by atoms with E-state index in [1.54, 1.807) is 30.3 Å². The van der Waals surface area contributed by atoms with Crippen LogP contribution >= 0.6 is 23.2 Å². The molecule has 0 unspecified atom stereocenters. The van der Waals surface area contributed by atoms with Crippen LogP contribution in [-0.2, 0) is 0 Å². The summed E-state index contributed by atoms with van der Waals surface area (Å²) < 4.78 is 0. The highest BCUT2D eigenvalue weighted by Crippen LogP contribution is 2.24. The van der Waals surface area contributed by atoms with Crippen molar-refractivity contribution in [2.75, 3.05) is 10.6 Å². The molecule has 2 aromatic carbocycles. The highest BCUT2D eigenvalue weighted by Gasteiger charge is 2.08. The predicted molar refractivity (Wildman–Crippen MR) is 96.2 cm³/mol. The van der Waals surface area contributed by atoms with Crippen LogP contribution < -0.4 is 10.6 Å². The van der Waals surface area contributed by atoms with Gasteiger partial charge in [0.25, 0.3) is 5.91 Å². The molecule has 0 saturated carbocycles. The topological polar surface area (TPSA) is 66.9 Å². The average Bonchev–Trinajstić information content (AvgIpc) is 2.55. The Morgan fingerprint density at radius 1 is 0.875 bits per heavy atom. The molecule has 24 heavy (non-hydrogen) atoms. The van der Waals surface area contributed by atoms with Crippen LogP contribution in [0.25, 0.3) is 0 Å². The van der Waals surface area contributed by atoms with E-state index < -0.39 is 0 Å². The standard InChI is InChI=1S/C17H12Cl2N4O/c18-11-6-12(19)8-14(7-11)22-16-10-20-15(9-21-16)17(24)23-13-4-2-1-3-5-13/h1-10H,(H,21,22)(H,23,24). The van der Waals surface area contributed by atoms with Crippen molar-refractivity contribution < 1.29 is 4.79 Å². The average molecular weight is 359 g/mol. The number of anilines is 3. The molecule has 1 aromatic heterocycles. The summed E-state index contributed by atoms with van der Waals surface area (Å²) >= 11 is 11.9. The van der Waals surface area contributed by atoms with E-state index in [-0.39, 0.29) is 11.6 Å². The van der Waals surface area contributed by atoms with Gasteiger partial charge in [-0.3, -0.25) is 4.79 Å². The number of carbonyl (C=O) groups excluding carboxylic acids is 1. The van der Waals surface area contributed by atoms with Gasteiger partial charge in [-0.25, -0.2) is 9.97 Å². The highest BCUT2D eigenvalue weighted by molar-refractivity contribution is 6.35. The summed E-state index contributed by atoms with van der Waals surface area (Å²) in [6, 6.07) is 14.2. The molecule has 3 aromatic rings. The maximum absolute atomic E-state index is 12.1. The first-order chi connectivity index (χ1) is 11.6. The van der Waals surface area contributed by atoms with Crippen molar-refractivity contribution >= 4 is 46.3 Å². The number of hydrogen-bond acceptors (Lipinski definition) is 4. The van der Waals surface area contributed by atoms with E-state index in [0.29, 0.717) is 27.2 Å². The Balaban J connectivity index is 1.70. The summed E-state index contributed by atoms with van der Waals surface area (Å²) in [5.74, 6) is 0.149. The van der Waals surface area contributed by atoms with Gasteiger partial charge < -0.3 is 10.6 Å². The van der Waals surface area contributed by atoms with Crippen LogP contribution in [0, 0.1) is 0 Å². The number of benzene rings is 2. The van der Waals surface area contributed by atoms with Crippen LogP contribution in [0.2, 0.25) is 10.0 Å². The van der Waals surface area contributed by atoms with Crippen molar-refractivity contribution in [1.82, 2.24) is 9.97 Å². The Kier molecular flexibility index (Phi) is 4.93. The SMILES string of the molecule is O=C(Nc1ccccc1)c1cnc(Nc2cc(Cl)cc(Cl)c2)cn1. The van der Waals surface area contributed by atoms with Gasteiger partial charge in [0.05, 0.1) is 12.4 Å². The van der Waals surface area contributed by atoms with Gasteiger partial charge in [0.2, 0.25) is 0 Å². The normalized spacial score (nSPS) is 10.2. The molecule has 3 rings (SSSR count). The van der Waals surface area contributed by atoms with E-state index in [2.05, 4.69) is 20.6 Å². The Morgan fingerprint density at radius 2 is 1.58 bits per heavy atom. The fraction of sp³-hybridized carbons (Fsp3) is 0. The van der Waals surface area contributed by atoms with Crippen molar-refractivity contribution in [1.29, 1.82) is 0 Å². The lowest BCUT2D eigenvalue weighted by atomic mass is 10.3. The summed E-state index contributed by atoms with van der Waals surface area (Å²) in [7, 11) is 0. The van der Waals surface area contributed by atoms with E-state index in [0.717, 1.165) is 0 Å². The van der Waals surface area contributed by atoms with E-state index in [4.69, 9.17) is 23.2 Å². The second kappa shape index (κ2) is 7.29. The van der Waals surface area contributed by atoms with E-state index in [1.165, 1.54) is 12.4 Å². The molecule has 0 aliphatic heterocycles. The lowest BCUT2D eigenvalue weighted by molar-refractivity contribution is 0.102. The van der Waals surface area contributed by atoms with Crippen molar-refractivity contribution in [3.05, 3.63) is 76.7 Å². The number of nitrogens with zero attached hydrogens (tertiary/aromatic N) is 2. The predicted octanol–water partition coefficient (Wildman–Crippen LogP) is 4.78. The van der Waals surface area contributed by atoms with Crippen LogP contribution in [0.4, 0.5) is 17.2 Å². The fourth-order valence-electron chi connectivity index (χ4n) is 2.00. The molecule has 0 aliphatic rings. The molecular formula is C17H12Cl2N4O. The van der Waals surface area contributed by atoms with Gasteiger partial charge >= 0.3 is 0 Å². The Hall–Kier alpha value is -2.63. The molecular weight excluding hydrogens is 347 g/mol. The quantitative estimate of drug-likeness (QED) is 0.704. The lowest BCUT2D eigenvalue weighted by Crippen LogP contribution is -2.14. The van der Waals surface area contributed by atoms with E-state index in [1.807, 2.05) is 18.2 Å². The summed E-state index contributed by atoms with van der Waals surface area (Å²) in [5, 5.41) is 6.79. The minimum atomic E-state index is -0.328. The Morgan fingerprint density at radius 3 is 2.21 bits per heavy atom. The molecule has 0 radical (unpaired) electrons. The van der Waals surface area contributed by atoms with Gasteiger partial charge in [-0.2, -0.15) is 0 Å². The second-order valence-electron chi connectivity index (χ2n) is 4.89. The molecule has 7 heteroatoms. The summed E-state index contributed by atoms with van der Waals surface area (Å²) in [4.78, 5) is 20.4. The lowest BCUT2D eigenvalue weighted by Gasteiger charge is -2.07. The van der Waals surface area contributed by atoms with E-state index in [9.17, 15) is 4.79 Å². The number of aromatic nitrogens is 2. The molecule has 120 valence electrons. The zero-order chi connectivity index (χ0) is 16.9. The van der Waals surface area contributed by atoms with Crippen molar-refractivity contribution in [3.63, 3.8) is 0 Å². The maximum atomic E-state index is 12.1. The van der Waals surface area contributed by atoms with Gasteiger partial charge in [-0.05, 0) is 30.3 Å². The first-order valence-electron chi connectivity index (χ1n) is 7.02. The zero-order valence-corrected chi connectivity index (χ0v) is 13.8. The van der Waals surface area contributed by atoms with Crippen molar-refractivity contribution in [2.45, 2.75) is 0 Å². The van der Waals surface area contributed by atoms with Gasteiger partial charge in [0.15, 0.2) is 0 Å². The molecule has 0 aliphatic carbocycles. The molecule has 0 spiro atoms. The Labute approximate surface area is 148 Å². The van der Waals surface area contributed by atoms with Crippen molar-refractivity contribution in [2.24, 2.45) is 0 Å². The summed E-state index contributed by atoms with van der Waals surface area (Å²) in [5.41, 5.74) is 1.59. The number of halogens is 2. The maximum Gasteiger partial charge on any atom is 0.275 e. The molecule has 2 N–H and O–H groups in total. The number of para-hydroxylation sites is 1. The molecule has 1 amide bonds. The van der Waals surface area contributed by atoms with Crippen LogP contribution in [0.5, 0.6) is 0 Å². The van der Waals surface area contributed by atoms with Crippen LogP contribution in [-0.4, -0.2) is 15.9 Å². The van der Waals surface area contributed by atoms with Gasteiger partial charge in [-0.15, -0.1) is 0 Å². The monoisotopic (exact) mass is 358 g/mol. The number of nitrogens with one attached hydrogen (secondary N) is 2. The van der Waals surface area contributed by atoms with Crippen molar-refractivity contribution in [3.8, 4) is 0 Å². The third-order valence-corrected chi connectivity index (χ3v) is 3.49. The molecule has 0 bridgehead atoms. The summed E-state index contributed by atoms with van der Waals surface area (Å²) in [6.45, 7) is 0. The van der Waals surface area contributed by atoms with Crippen LogP contribution in [0.15, 0.2) is 60.9 Å². The van der Waals surface area contributed by atoms with E-state index >= 15 is 0 Å². The number of carbonyl (C=O) groups is 1. The second-order valence-corrected chi connectivity index (χ2v) is 5.76. The molecule has 1 heterocycles. The van der Waals surface area contributed by atoms with Gasteiger partial charge in [0.1, 0.15) is 11.5 Å². The third kappa shape index (κ3) is 4.22. The number of hydrogen-bond donors (Lipinski definition) is 2. The first-order valence-corrected chi connectivity index (χ1v) is 7.77. The highest BCUT2D eigenvalue weighted by atomic mass is 35.5. The minimum Gasteiger partial charge on any atom is -0.339 e. The van der Waals surface area contributed by atoms with Gasteiger partial charge in [-0.1, -0.05) is 41.4 Å². The van der Waals surface area contributed by atoms with Crippen LogP contribution in [0.3, 0.4) is 0 Å². The molecule has 0 fully saturated rings. The first kappa shape index (κ1) is 16.2. The molecule has 5 nitrogen and oxygen atoms in total. The smallest absolute Gasteiger partial charge is 0.275 e. The largest absolute Gasteiger partial charge is 0.339 e. The number of amides is 1. The third-order valence-electron chi connectivity index (χ3n) is 3.05. The zero-order valence-electron chi connectivity index (χ0n) is 12.3.